The van der Waals surface area contributed by atoms with Crippen molar-refractivity contribution >= 4 is 15.7 Å². The molecule has 0 N–H and O–H groups in total. The third-order valence-corrected chi connectivity index (χ3v) is 7.92. The lowest BCUT2D eigenvalue weighted by Gasteiger charge is -2.39. The van der Waals surface area contributed by atoms with E-state index in [0.29, 0.717) is 19.0 Å². The van der Waals surface area contributed by atoms with Crippen LogP contribution < -0.4 is 0 Å². The van der Waals surface area contributed by atoms with Gasteiger partial charge in [-0.25, -0.2) is 8.42 Å². The maximum absolute atomic E-state index is 13.1. The first kappa shape index (κ1) is 18.2. The fraction of sp³-hybridized carbons (Fsp3) is 0.944. The van der Waals surface area contributed by atoms with Gasteiger partial charge in [-0.3, -0.25) is 9.69 Å². The largest absolute Gasteiger partial charge is 0.335 e. The average Bonchev–Trinajstić information content (AvgIpc) is 3.18. The molecule has 3 fully saturated rings. The number of hydrogen-bond acceptors (Lipinski definition) is 4. The van der Waals surface area contributed by atoms with Crippen molar-refractivity contribution in [2.24, 2.45) is 0 Å². The molecule has 5 nitrogen and oxygen atoms in total. The molecule has 0 aromatic rings. The van der Waals surface area contributed by atoms with Crippen LogP contribution in [0, 0.1) is 0 Å². The van der Waals surface area contributed by atoms with Crippen LogP contribution in [0.3, 0.4) is 0 Å². The summed E-state index contributed by atoms with van der Waals surface area (Å²) >= 11 is 0. The summed E-state index contributed by atoms with van der Waals surface area (Å²) in [5.74, 6) is 0.589. The standard InChI is InChI=1S/C18H32N2O3S/c1-2-15-7-5-6-11-19(15)13-18(21)20(16-8-3-4-9-16)17-10-12-24(22,23)14-17/h15-17H,2-14H2,1H3. The van der Waals surface area contributed by atoms with Crippen LogP contribution in [-0.2, 0) is 14.6 Å². The Morgan fingerprint density at radius 3 is 2.38 bits per heavy atom. The second-order valence-electron chi connectivity index (χ2n) is 7.82. The van der Waals surface area contributed by atoms with E-state index in [1.165, 1.54) is 19.3 Å². The van der Waals surface area contributed by atoms with Crippen molar-refractivity contribution in [3.8, 4) is 0 Å². The molecule has 0 radical (unpaired) electrons. The smallest absolute Gasteiger partial charge is 0.237 e. The minimum atomic E-state index is -2.96. The van der Waals surface area contributed by atoms with E-state index in [9.17, 15) is 13.2 Å². The van der Waals surface area contributed by atoms with E-state index in [2.05, 4.69) is 11.8 Å². The maximum atomic E-state index is 13.1. The Morgan fingerprint density at radius 2 is 1.75 bits per heavy atom. The van der Waals surface area contributed by atoms with Gasteiger partial charge in [-0.05, 0) is 45.1 Å². The molecular weight excluding hydrogens is 324 g/mol. The molecule has 0 aromatic carbocycles. The first-order chi connectivity index (χ1) is 11.5. The van der Waals surface area contributed by atoms with Crippen molar-refractivity contribution in [1.29, 1.82) is 0 Å². The van der Waals surface area contributed by atoms with E-state index in [1.807, 2.05) is 4.90 Å². The van der Waals surface area contributed by atoms with Crippen molar-refractivity contribution < 1.29 is 13.2 Å². The number of nitrogens with zero attached hydrogens (tertiary/aromatic N) is 2. The van der Waals surface area contributed by atoms with Gasteiger partial charge in [0.2, 0.25) is 5.91 Å². The Kier molecular flexibility index (Phi) is 5.85. The van der Waals surface area contributed by atoms with Gasteiger partial charge in [-0.1, -0.05) is 26.2 Å². The SMILES string of the molecule is CCC1CCCCN1CC(=O)N(C1CCCC1)C1CCS(=O)(=O)C1. The van der Waals surface area contributed by atoms with Crippen LogP contribution in [0.5, 0.6) is 0 Å². The van der Waals surface area contributed by atoms with Crippen LogP contribution in [0.2, 0.25) is 0 Å². The zero-order valence-electron chi connectivity index (χ0n) is 15.0. The fourth-order valence-electron chi connectivity index (χ4n) is 4.87. The lowest BCUT2D eigenvalue weighted by Crippen LogP contribution is -2.52. The zero-order chi connectivity index (χ0) is 17.2. The van der Waals surface area contributed by atoms with Crippen molar-refractivity contribution in [3.63, 3.8) is 0 Å². The fourth-order valence-corrected chi connectivity index (χ4v) is 6.58. The number of sulfone groups is 1. The summed E-state index contributed by atoms with van der Waals surface area (Å²) in [5, 5.41) is 0. The van der Waals surface area contributed by atoms with Crippen LogP contribution in [-0.4, -0.2) is 66.8 Å². The van der Waals surface area contributed by atoms with E-state index in [1.54, 1.807) is 0 Å². The lowest BCUT2D eigenvalue weighted by atomic mass is 10.00. The molecule has 0 bridgehead atoms. The summed E-state index contributed by atoms with van der Waals surface area (Å²) in [6.45, 7) is 3.68. The van der Waals surface area contributed by atoms with Gasteiger partial charge in [-0.2, -0.15) is 0 Å². The van der Waals surface area contributed by atoms with Gasteiger partial charge < -0.3 is 4.90 Å². The first-order valence-corrected chi connectivity index (χ1v) is 11.6. The minimum absolute atomic E-state index is 0.0875. The number of piperidine rings is 1. The Morgan fingerprint density at radius 1 is 1.04 bits per heavy atom. The molecule has 1 saturated carbocycles. The van der Waals surface area contributed by atoms with E-state index >= 15 is 0 Å². The quantitative estimate of drug-likeness (QED) is 0.758. The molecule has 3 rings (SSSR count). The second kappa shape index (κ2) is 7.73. The maximum Gasteiger partial charge on any atom is 0.237 e. The van der Waals surface area contributed by atoms with Crippen LogP contribution in [0.4, 0.5) is 0 Å². The molecule has 6 heteroatoms. The number of carbonyl (C=O) groups excluding carboxylic acids is 1. The lowest BCUT2D eigenvalue weighted by molar-refractivity contribution is -0.137. The molecular formula is C18H32N2O3S. The van der Waals surface area contributed by atoms with Crippen LogP contribution in [0.1, 0.15) is 64.7 Å². The molecule has 1 amide bonds. The third-order valence-electron chi connectivity index (χ3n) is 6.17. The topological polar surface area (TPSA) is 57.7 Å². The van der Waals surface area contributed by atoms with Gasteiger partial charge >= 0.3 is 0 Å². The van der Waals surface area contributed by atoms with E-state index < -0.39 is 9.84 Å². The monoisotopic (exact) mass is 356 g/mol. The van der Waals surface area contributed by atoms with Crippen LogP contribution in [0.25, 0.3) is 0 Å². The first-order valence-electron chi connectivity index (χ1n) is 9.76. The highest BCUT2D eigenvalue weighted by molar-refractivity contribution is 7.91. The predicted molar refractivity (Wildman–Crippen MR) is 95.7 cm³/mol. The van der Waals surface area contributed by atoms with E-state index in [0.717, 1.165) is 38.6 Å². The highest BCUT2D eigenvalue weighted by Crippen LogP contribution is 2.30. The van der Waals surface area contributed by atoms with Gasteiger partial charge in [-0.15, -0.1) is 0 Å². The average molecular weight is 357 g/mol. The van der Waals surface area contributed by atoms with Gasteiger partial charge in [0.05, 0.1) is 18.1 Å². The van der Waals surface area contributed by atoms with Crippen LogP contribution in [0.15, 0.2) is 0 Å². The Hall–Kier alpha value is -0.620. The third kappa shape index (κ3) is 4.13. The number of amides is 1. The molecule has 1 aliphatic carbocycles. The van der Waals surface area contributed by atoms with Crippen molar-refractivity contribution in [2.45, 2.75) is 82.8 Å². The number of rotatable bonds is 5. The Bertz CT molecular complexity index is 542. The van der Waals surface area contributed by atoms with Crippen molar-refractivity contribution in [2.75, 3.05) is 24.6 Å². The van der Waals surface area contributed by atoms with E-state index in [4.69, 9.17) is 0 Å². The molecule has 2 heterocycles. The zero-order valence-corrected chi connectivity index (χ0v) is 15.8. The van der Waals surface area contributed by atoms with Crippen LogP contribution >= 0.6 is 0 Å². The summed E-state index contributed by atoms with van der Waals surface area (Å²) in [7, 11) is -2.96. The molecule has 2 unspecified atom stereocenters. The van der Waals surface area contributed by atoms with E-state index in [-0.39, 0.29) is 29.5 Å². The molecule has 24 heavy (non-hydrogen) atoms. The van der Waals surface area contributed by atoms with Gasteiger partial charge in [0.25, 0.3) is 0 Å². The van der Waals surface area contributed by atoms with Crippen molar-refractivity contribution in [3.05, 3.63) is 0 Å². The predicted octanol–water partition coefficient (Wildman–Crippen LogP) is 2.21. The summed E-state index contributed by atoms with van der Waals surface area (Å²) in [4.78, 5) is 17.5. The van der Waals surface area contributed by atoms with Gasteiger partial charge in [0.15, 0.2) is 9.84 Å². The number of carbonyl (C=O) groups is 1. The van der Waals surface area contributed by atoms with Gasteiger partial charge in [0, 0.05) is 18.1 Å². The summed E-state index contributed by atoms with van der Waals surface area (Å²) < 4.78 is 23.8. The Labute approximate surface area is 146 Å². The van der Waals surface area contributed by atoms with Gasteiger partial charge in [0.1, 0.15) is 0 Å². The number of hydrogen-bond donors (Lipinski definition) is 0. The summed E-state index contributed by atoms with van der Waals surface area (Å²) in [6.07, 6.45) is 9.74. The normalized spacial score (nSPS) is 31.4. The molecule has 2 saturated heterocycles. The summed E-state index contributed by atoms with van der Waals surface area (Å²) in [5.41, 5.74) is 0. The molecule has 3 aliphatic rings. The molecule has 2 aliphatic heterocycles. The summed E-state index contributed by atoms with van der Waals surface area (Å²) in [6, 6.07) is 0.691. The minimum Gasteiger partial charge on any atom is -0.335 e. The Balaban J connectivity index is 1.71. The number of likely N-dealkylation sites (tertiary alicyclic amines) is 1. The molecule has 138 valence electrons. The van der Waals surface area contributed by atoms with Crippen molar-refractivity contribution in [1.82, 2.24) is 9.80 Å². The second-order valence-corrected chi connectivity index (χ2v) is 10.1. The molecule has 0 aromatic heterocycles. The highest BCUT2D eigenvalue weighted by atomic mass is 32.2. The molecule has 0 spiro atoms. The highest BCUT2D eigenvalue weighted by Gasteiger charge is 2.39. The molecule has 2 atom stereocenters.